The first kappa shape index (κ1) is 15.5. The van der Waals surface area contributed by atoms with Crippen LogP contribution in [0.1, 0.15) is 32.3 Å². The van der Waals surface area contributed by atoms with E-state index in [1.165, 1.54) is 0 Å². The molecule has 1 amide bonds. The molecular formula is C15H24N2O2. The molecule has 0 bridgehead atoms. The lowest BCUT2D eigenvalue weighted by atomic mass is 9.94. The van der Waals surface area contributed by atoms with E-state index >= 15 is 0 Å². The summed E-state index contributed by atoms with van der Waals surface area (Å²) in [5.74, 6) is 0.788. The highest BCUT2D eigenvalue weighted by atomic mass is 16.5. The Kier molecular flexibility index (Phi) is 5.83. The smallest absolute Gasteiger partial charge is 0.224 e. The molecule has 4 heteroatoms. The summed E-state index contributed by atoms with van der Waals surface area (Å²) in [6.45, 7) is 4.66. The molecule has 0 radical (unpaired) electrons. The van der Waals surface area contributed by atoms with Gasteiger partial charge in [0.2, 0.25) is 5.91 Å². The molecule has 1 rings (SSSR count). The van der Waals surface area contributed by atoms with E-state index in [1.54, 1.807) is 7.11 Å². The molecule has 0 heterocycles. The maximum Gasteiger partial charge on any atom is 0.224 e. The largest absolute Gasteiger partial charge is 0.497 e. The minimum atomic E-state index is -0.218. The number of benzene rings is 1. The van der Waals surface area contributed by atoms with E-state index in [-0.39, 0.29) is 11.4 Å². The van der Waals surface area contributed by atoms with Gasteiger partial charge in [-0.3, -0.25) is 4.79 Å². The van der Waals surface area contributed by atoms with Gasteiger partial charge in [0, 0.05) is 5.54 Å². The fourth-order valence-corrected chi connectivity index (χ4v) is 1.99. The van der Waals surface area contributed by atoms with Crippen molar-refractivity contribution in [2.45, 2.75) is 38.6 Å². The van der Waals surface area contributed by atoms with Crippen LogP contribution in [0.4, 0.5) is 0 Å². The van der Waals surface area contributed by atoms with Gasteiger partial charge in [0.25, 0.3) is 0 Å². The lowest BCUT2D eigenvalue weighted by molar-refractivity contribution is -0.122. The number of methoxy groups -OCH3 is 1. The van der Waals surface area contributed by atoms with Crippen LogP contribution in [0.3, 0.4) is 0 Å². The highest BCUT2D eigenvalue weighted by Gasteiger charge is 2.23. The van der Waals surface area contributed by atoms with Gasteiger partial charge in [0.15, 0.2) is 0 Å². The van der Waals surface area contributed by atoms with Crippen molar-refractivity contribution < 1.29 is 9.53 Å². The van der Waals surface area contributed by atoms with Crippen molar-refractivity contribution in [3.05, 3.63) is 29.8 Å². The molecule has 1 aromatic carbocycles. The summed E-state index contributed by atoms with van der Waals surface area (Å²) in [6, 6.07) is 7.56. The Labute approximate surface area is 115 Å². The molecule has 0 spiro atoms. The van der Waals surface area contributed by atoms with Gasteiger partial charge in [-0.1, -0.05) is 19.1 Å². The van der Waals surface area contributed by atoms with Crippen molar-refractivity contribution in [2.75, 3.05) is 13.7 Å². The maximum atomic E-state index is 12.1. The standard InChI is InChI=1S/C15H24N2O2/c1-4-15(2,8-9-16)17-14(18)11-12-6-5-7-13(10-12)19-3/h5-7,10H,4,8-9,11,16H2,1-3H3,(H,17,18). The van der Waals surface area contributed by atoms with Crippen molar-refractivity contribution in [1.82, 2.24) is 5.32 Å². The average Bonchev–Trinajstić information content (AvgIpc) is 2.39. The van der Waals surface area contributed by atoms with Gasteiger partial charge in [-0.2, -0.15) is 0 Å². The topological polar surface area (TPSA) is 64.3 Å². The van der Waals surface area contributed by atoms with Gasteiger partial charge in [0.1, 0.15) is 5.75 Å². The second-order valence-corrected chi connectivity index (χ2v) is 5.03. The first-order valence-electron chi connectivity index (χ1n) is 6.67. The third kappa shape index (κ3) is 4.91. The molecule has 1 atom stereocenters. The fraction of sp³-hybridized carbons (Fsp3) is 0.533. The van der Waals surface area contributed by atoms with E-state index in [9.17, 15) is 4.79 Å². The molecular weight excluding hydrogens is 240 g/mol. The Morgan fingerprint density at radius 1 is 1.47 bits per heavy atom. The number of nitrogens with one attached hydrogen (secondary N) is 1. The zero-order chi connectivity index (χ0) is 14.3. The molecule has 0 saturated carbocycles. The van der Waals surface area contributed by atoms with E-state index in [0.717, 1.165) is 24.2 Å². The summed E-state index contributed by atoms with van der Waals surface area (Å²) in [4.78, 5) is 12.1. The number of hydrogen-bond donors (Lipinski definition) is 2. The van der Waals surface area contributed by atoms with Gasteiger partial charge in [-0.05, 0) is 44.0 Å². The molecule has 1 unspecified atom stereocenters. The van der Waals surface area contributed by atoms with E-state index in [4.69, 9.17) is 10.5 Å². The average molecular weight is 264 g/mol. The molecule has 0 aliphatic carbocycles. The number of hydrogen-bond acceptors (Lipinski definition) is 3. The Morgan fingerprint density at radius 2 is 2.21 bits per heavy atom. The van der Waals surface area contributed by atoms with E-state index in [0.29, 0.717) is 13.0 Å². The fourth-order valence-electron chi connectivity index (χ4n) is 1.99. The van der Waals surface area contributed by atoms with Gasteiger partial charge in [0.05, 0.1) is 13.5 Å². The van der Waals surface area contributed by atoms with Gasteiger partial charge >= 0.3 is 0 Å². The third-order valence-electron chi connectivity index (χ3n) is 3.42. The van der Waals surface area contributed by atoms with Crippen LogP contribution in [0.2, 0.25) is 0 Å². The lowest BCUT2D eigenvalue weighted by Crippen LogP contribution is -2.47. The first-order chi connectivity index (χ1) is 9.03. The number of nitrogens with two attached hydrogens (primary N) is 1. The van der Waals surface area contributed by atoms with Crippen LogP contribution in [0.15, 0.2) is 24.3 Å². The quantitative estimate of drug-likeness (QED) is 0.790. The second-order valence-electron chi connectivity index (χ2n) is 5.03. The molecule has 3 N–H and O–H groups in total. The van der Waals surface area contributed by atoms with Crippen LogP contribution in [0.25, 0.3) is 0 Å². The molecule has 106 valence electrons. The highest BCUT2D eigenvalue weighted by Crippen LogP contribution is 2.16. The lowest BCUT2D eigenvalue weighted by Gasteiger charge is -2.29. The van der Waals surface area contributed by atoms with Crippen molar-refractivity contribution in [1.29, 1.82) is 0 Å². The van der Waals surface area contributed by atoms with Gasteiger partial charge in [-0.25, -0.2) is 0 Å². The normalized spacial score (nSPS) is 13.7. The number of carbonyl (C=O) groups is 1. The Hall–Kier alpha value is -1.55. The maximum absolute atomic E-state index is 12.1. The van der Waals surface area contributed by atoms with E-state index in [2.05, 4.69) is 12.2 Å². The Balaban J connectivity index is 2.63. The van der Waals surface area contributed by atoms with Crippen LogP contribution < -0.4 is 15.8 Å². The summed E-state index contributed by atoms with van der Waals surface area (Å²) < 4.78 is 5.15. The highest BCUT2D eigenvalue weighted by molar-refractivity contribution is 5.79. The van der Waals surface area contributed by atoms with E-state index < -0.39 is 0 Å². The summed E-state index contributed by atoms with van der Waals surface area (Å²) in [7, 11) is 1.62. The molecule has 0 aliphatic heterocycles. The van der Waals surface area contributed by atoms with Crippen LogP contribution in [-0.2, 0) is 11.2 Å². The number of rotatable bonds is 7. The summed E-state index contributed by atoms with van der Waals surface area (Å²) in [5, 5.41) is 3.07. The van der Waals surface area contributed by atoms with Crippen molar-refractivity contribution in [2.24, 2.45) is 5.73 Å². The molecule has 0 aromatic heterocycles. The summed E-state index contributed by atoms with van der Waals surface area (Å²) in [6.07, 6.45) is 2.01. The minimum absolute atomic E-state index is 0.0195. The van der Waals surface area contributed by atoms with Crippen LogP contribution in [0.5, 0.6) is 5.75 Å². The molecule has 0 fully saturated rings. The van der Waals surface area contributed by atoms with Crippen LogP contribution in [0, 0.1) is 0 Å². The number of carbonyl (C=O) groups excluding carboxylic acids is 1. The number of amides is 1. The Bertz CT molecular complexity index is 420. The van der Waals surface area contributed by atoms with Crippen LogP contribution >= 0.6 is 0 Å². The van der Waals surface area contributed by atoms with Gasteiger partial charge in [-0.15, -0.1) is 0 Å². The summed E-state index contributed by atoms with van der Waals surface area (Å²) in [5.41, 5.74) is 6.32. The van der Waals surface area contributed by atoms with Gasteiger partial charge < -0.3 is 15.8 Å². The van der Waals surface area contributed by atoms with Crippen molar-refractivity contribution in [3.63, 3.8) is 0 Å². The van der Waals surface area contributed by atoms with Crippen LogP contribution in [-0.4, -0.2) is 25.1 Å². The molecule has 1 aromatic rings. The molecule has 4 nitrogen and oxygen atoms in total. The predicted octanol–water partition coefficient (Wildman–Crippen LogP) is 1.87. The SMILES string of the molecule is CCC(C)(CCN)NC(=O)Cc1cccc(OC)c1. The molecule has 19 heavy (non-hydrogen) atoms. The number of ether oxygens (including phenoxy) is 1. The summed E-state index contributed by atoms with van der Waals surface area (Å²) >= 11 is 0. The monoisotopic (exact) mass is 264 g/mol. The predicted molar refractivity (Wildman–Crippen MR) is 77.2 cm³/mol. The van der Waals surface area contributed by atoms with Crippen molar-refractivity contribution >= 4 is 5.91 Å². The minimum Gasteiger partial charge on any atom is -0.497 e. The Morgan fingerprint density at radius 3 is 2.79 bits per heavy atom. The second kappa shape index (κ2) is 7.14. The third-order valence-corrected chi connectivity index (χ3v) is 3.42. The van der Waals surface area contributed by atoms with E-state index in [1.807, 2.05) is 31.2 Å². The first-order valence-corrected chi connectivity index (χ1v) is 6.67. The zero-order valence-electron chi connectivity index (χ0n) is 12.0. The molecule has 0 saturated heterocycles. The zero-order valence-corrected chi connectivity index (χ0v) is 12.0. The molecule has 0 aliphatic rings. The van der Waals surface area contributed by atoms with Crippen molar-refractivity contribution in [3.8, 4) is 5.75 Å².